The quantitative estimate of drug-likeness (QED) is 0.616. The van der Waals surface area contributed by atoms with Gasteiger partial charge in [-0.15, -0.1) is 0 Å². The van der Waals surface area contributed by atoms with Gasteiger partial charge in [-0.1, -0.05) is 6.92 Å². The van der Waals surface area contributed by atoms with Crippen LogP contribution in [-0.4, -0.2) is 30.2 Å². The molecule has 0 unspecified atom stereocenters. The third-order valence-corrected chi connectivity index (χ3v) is 2.74. The predicted molar refractivity (Wildman–Crippen MR) is 55.6 cm³/mol. The molecule has 1 rings (SSSR count). The first-order chi connectivity index (χ1) is 7.02. The molecule has 0 aromatic heterocycles. The number of hydrogen-bond donors (Lipinski definition) is 3. The van der Waals surface area contributed by atoms with Crippen molar-refractivity contribution >= 4 is 12.0 Å². The molecule has 0 spiro atoms. The number of carboxylic acid groups (broad SMARTS) is 1. The van der Waals surface area contributed by atoms with E-state index in [-0.39, 0.29) is 19.0 Å². The average molecular weight is 214 g/mol. The normalized spacial score (nSPS) is 16.9. The van der Waals surface area contributed by atoms with Crippen LogP contribution in [0.1, 0.15) is 32.6 Å². The molecule has 0 atom stereocenters. The molecule has 0 saturated heterocycles. The van der Waals surface area contributed by atoms with E-state index in [0.717, 1.165) is 6.42 Å². The van der Waals surface area contributed by atoms with Gasteiger partial charge in [0.15, 0.2) is 0 Å². The first-order valence-electron chi connectivity index (χ1n) is 5.25. The SMILES string of the molecule is CC1(CCNC(=O)NCCC(=O)O)CC1. The summed E-state index contributed by atoms with van der Waals surface area (Å²) in [5.74, 6) is -0.902. The molecular formula is C10H18N2O3. The first kappa shape index (κ1) is 11.8. The average Bonchev–Trinajstić information content (AvgIpc) is 2.83. The van der Waals surface area contributed by atoms with Crippen molar-refractivity contribution in [1.82, 2.24) is 10.6 Å². The number of carbonyl (C=O) groups excluding carboxylic acids is 1. The Labute approximate surface area is 89.2 Å². The van der Waals surface area contributed by atoms with E-state index in [1.165, 1.54) is 12.8 Å². The van der Waals surface area contributed by atoms with Crippen molar-refractivity contribution in [2.45, 2.75) is 32.6 Å². The second-order valence-electron chi connectivity index (χ2n) is 4.39. The topological polar surface area (TPSA) is 78.4 Å². The highest BCUT2D eigenvalue weighted by atomic mass is 16.4. The van der Waals surface area contributed by atoms with E-state index in [1.54, 1.807) is 0 Å². The Morgan fingerprint density at radius 2 is 1.87 bits per heavy atom. The molecule has 15 heavy (non-hydrogen) atoms. The van der Waals surface area contributed by atoms with E-state index in [2.05, 4.69) is 17.6 Å². The lowest BCUT2D eigenvalue weighted by molar-refractivity contribution is -0.136. The highest BCUT2D eigenvalue weighted by Crippen LogP contribution is 2.47. The summed E-state index contributed by atoms with van der Waals surface area (Å²) >= 11 is 0. The van der Waals surface area contributed by atoms with Gasteiger partial charge in [-0.25, -0.2) is 4.79 Å². The number of rotatable bonds is 6. The number of urea groups is 1. The zero-order chi connectivity index (χ0) is 11.3. The summed E-state index contributed by atoms with van der Waals surface area (Å²) < 4.78 is 0. The van der Waals surface area contributed by atoms with Crippen molar-refractivity contribution in [3.05, 3.63) is 0 Å². The van der Waals surface area contributed by atoms with Crippen LogP contribution in [0.3, 0.4) is 0 Å². The summed E-state index contributed by atoms with van der Waals surface area (Å²) in [7, 11) is 0. The molecular weight excluding hydrogens is 196 g/mol. The number of carboxylic acids is 1. The zero-order valence-electron chi connectivity index (χ0n) is 9.01. The van der Waals surface area contributed by atoms with Crippen molar-refractivity contribution in [1.29, 1.82) is 0 Å². The Hall–Kier alpha value is -1.26. The highest BCUT2D eigenvalue weighted by Gasteiger charge is 2.36. The van der Waals surface area contributed by atoms with Crippen molar-refractivity contribution in [2.75, 3.05) is 13.1 Å². The molecule has 0 bridgehead atoms. The molecule has 86 valence electrons. The molecule has 0 aromatic carbocycles. The standard InChI is InChI=1S/C10H18N2O3/c1-10(3-4-10)5-7-12-9(15)11-6-2-8(13)14/h2-7H2,1H3,(H,13,14)(H2,11,12,15). The van der Waals surface area contributed by atoms with E-state index in [9.17, 15) is 9.59 Å². The van der Waals surface area contributed by atoms with E-state index in [1.807, 2.05) is 0 Å². The van der Waals surface area contributed by atoms with Gasteiger partial charge < -0.3 is 15.7 Å². The molecule has 0 radical (unpaired) electrons. The summed E-state index contributed by atoms with van der Waals surface area (Å²) in [4.78, 5) is 21.3. The van der Waals surface area contributed by atoms with Gasteiger partial charge in [0.1, 0.15) is 0 Å². The minimum Gasteiger partial charge on any atom is -0.481 e. The van der Waals surface area contributed by atoms with Gasteiger partial charge >= 0.3 is 12.0 Å². The maximum atomic E-state index is 11.1. The van der Waals surface area contributed by atoms with Crippen LogP contribution in [0.25, 0.3) is 0 Å². The van der Waals surface area contributed by atoms with Crippen LogP contribution in [0.5, 0.6) is 0 Å². The van der Waals surface area contributed by atoms with Crippen LogP contribution in [0.15, 0.2) is 0 Å². The largest absolute Gasteiger partial charge is 0.481 e. The maximum absolute atomic E-state index is 11.1. The summed E-state index contributed by atoms with van der Waals surface area (Å²) in [6, 6.07) is -0.277. The Morgan fingerprint density at radius 1 is 1.27 bits per heavy atom. The first-order valence-corrected chi connectivity index (χ1v) is 5.25. The van der Waals surface area contributed by atoms with Gasteiger partial charge in [-0.3, -0.25) is 4.79 Å². The van der Waals surface area contributed by atoms with Gasteiger partial charge in [0, 0.05) is 13.1 Å². The van der Waals surface area contributed by atoms with Crippen molar-refractivity contribution in [3.8, 4) is 0 Å². The van der Waals surface area contributed by atoms with Crippen LogP contribution in [0.2, 0.25) is 0 Å². The Morgan fingerprint density at radius 3 is 2.40 bits per heavy atom. The Bertz CT molecular complexity index is 249. The van der Waals surface area contributed by atoms with Crippen molar-refractivity contribution in [2.24, 2.45) is 5.41 Å². The summed E-state index contributed by atoms with van der Waals surface area (Å²) in [5, 5.41) is 13.5. The lowest BCUT2D eigenvalue weighted by Crippen LogP contribution is -2.37. The van der Waals surface area contributed by atoms with Crippen LogP contribution >= 0.6 is 0 Å². The van der Waals surface area contributed by atoms with Gasteiger partial charge in [0.25, 0.3) is 0 Å². The molecule has 1 fully saturated rings. The number of aliphatic carboxylic acids is 1. The second kappa shape index (κ2) is 5.00. The van der Waals surface area contributed by atoms with Gasteiger partial charge in [-0.2, -0.15) is 0 Å². The number of amides is 2. The molecule has 1 saturated carbocycles. The van der Waals surface area contributed by atoms with E-state index < -0.39 is 5.97 Å². The summed E-state index contributed by atoms with van der Waals surface area (Å²) in [6.07, 6.45) is 3.45. The third kappa shape index (κ3) is 5.24. The number of hydrogen-bond acceptors (Lipinski definition) is 2. The minimum absolute atomic E-state index is 0.0366. The van der Waals surface area contributed by atoms with Crippen LogP contribution < -0.4 is 10.6 Å². The zero-order valence-corrected chi connectivity index (χ0v) is 9.01. The van der Waals surface area contributed by atoms with Crippen LogP contribution in [0, 0.1) is 5.41 Å². The molecule has 5 nitrogen and oxygen atoms in total. The molecule has 0 aliphatic heterocycles. The van der Waals surface area contributed by atoms with Crippen LogP contribution in [0.4, 0.5) is 4.79 Å². The van der Waals surface area contributed by atoms with Gasteiger partial charge in [0.05, 0.1) is 6.42 Å². The lowest BCUT2D eigenvalue weighted by atomic mass is 10.1. The molecule has 0 aromatic rings. The van der Waals surface area contributed by atoms with Gasteiger partial charge in [0.2, 0.25) is 0 Å². The summed E-state index contributed by atoms with van der Waals surface area (Å²) in [6.45, 7) is 3.05. The number of carbonyl (C=O) groups is 2. The molecule has 2 amide bonds. The van der Waals surface area contributed by atoms with E-state index in [4.69, 9.17) is 5.11 Å². The Balaban J connectivity index is 1.96. The van der Waals surface area contributed by atoms with E-state index >= 15 is 0 Å². The fourth-order valence-electron chi connectivity index (χ4n) is 1.29. The number of nitrogens with one attached hydrogen (secondary N) is 2. The molecule has 5 heteroatoms. The van der Waals surface area contributed by atoms with Crippen LogP contribution in [-0.2, 0) is 4.79 Å². The molecule has 1 aliphatic carbocycles. The van der Waals surface area contributed by atoms with Crippen molar-refractivity contribution < 1.29 is 14.7 Å². The summed E-state index contributed by atoms with van der Waals surface area (Å²) in [5.41, 5.74) is 0.439. The lowest BCUT2D eigenvalue weighted by Gasteiger charge is -2.09. The second-order valence-corrected chi connectivity index (χ2v) is 4.39. The van der Waals surface area contributed by atoms with Crippen molar-refractivity contribution in [3.63, 3.8) is 0 Å². The monoisotopic (exact) mass is 214 g/mol. The smallest absolute Gasteiger partial charge is 0.314 e. The molecule has 1 aliphatic rings. The third-order valence-electron chi connectivity index (χ3n) is 2.74. The highest BCUT2D eigenvalue weighted by molar-refractivity contribution is 5.74. The molecule has 0 heterocycles. The fraction of sp³-hybridized carbons (Fsp3) is 0.800. The van der Waals surface area contributed by atoms with Gasteiger partial charge in [-0.05, 0) is 24.7 Å². The Kier molecular flexibility index (Phi) is 3.94. The predicted octanol–water partition coefficient (Wildman–Crippen LogP) is 0.950. The van der Waals surface area contributed by atoms with E-state index in [0.29, 0.717) is 12.0 Å². The fourth-order valence-corrected chi connectivity index (χ4v) is 1.29. The minimum atomic E-state index is -0.902. The molecule has 3 N–H and O–H groups in total. The maximum Gasteiger partial charge on any atom is 0.314 e.